The first-order valence-electron chi connectivity index (χ1n) is 11.4. The topological polar surface area (TPSA) is 120 Å². The van der Waals surface area contributed by atoms with E-state index in [1.807, 2.05) is 11.4 Å². The number of nitrogen functional groups attached to an aromatic ring is 1. The van der Waals surface area contributed by atoms with Crippen molar-refractivity contribution < 1.29 is 9.59 Å². The van der Waals surface area contributed by atoms with Gasteiger partial charge in [-0.05, 0) is 30.8 Å². The minimum absolute atomic E-state index is 0.213. The first-order chi connectivity index (χ1) is 17.0. The van der Waals surface area contributed by atoms with Crippen LogP contribution in [-0.4, -0.2) is 82.9 Å². The minimum Gasteiger partial charge on any atom is -0.397 e. The van der Waals surface area contributed by atoms with Crippen LogP contribution in [0, 0.1) is 0 Å². The summed E-state index contributed by atoms with van der Waals surface area (Å²) in [5.41, 5.74) is 8.03. The van der Waals surface area contributed by atoms with Gasteiger partial charge in [0, 0.05) is 63.6 Å². The van der Waals surface area contributed by atoms with Crippen LogP contribution in [0.25, 0.3) is 0 Å². The second-order valence-electron chi connectivity index (χ2n) is 8.43. The number of thiazole rings is 1. The fourth-order valence-electron chi connectivity index (χ4n) is 3.71. The zero-order chi connectivity index (χ0) is 24.6. The Kier molecular flexibility index (Phi) is 8.24. The summed E-state index contributed by atoms with van der Waals surface area (Å²) in [6, 6.07) is 10.3. The standard InChI is InChI=1S/C24H30N8O2S/c1-30-9-11-31(12-10-30)13-14-32(24(34)29-23-26-8-15-35-23)17-18-6-7-21(27-16-18)22(33)28-20-5-3-2-4-19(20)25/h2-8,15-16H,9-14,17,25H2,1H3,(H,28,33)(H,26,29,34). The first-order valence-corrected chi connectivity index (χ1v) is 12.3. The quantitative estimate of drug-likeness (QED) is 0.412. The van der Waals surface area contributed by atoms with Crippen molar-refractivity contribution in [3.8, 4) is 0 Å². The molecule has 3 amide bonds. The van der Waals surface area contributed by atoms with Crippen molar-refractivity contribution in [3.63, 3.8) is 0 Å². The lowest BCUT2D eigenvalue weighted by molar-refractivity contribution is 0.102. The summed E-state index contributed by atoms with van der Waals surface area (Å²) >= 11 is 1.38. The third kappa shape index (κ3) is 6.98. The number of nitrogens with two attached hydrogens (primary N) is 1. The van der Waals surface area contributed by atoms with Gasteiger partial charge in [0.25, 0.3) is 5.91 Å². The van der Waals surface area contributed by atoms with Gasteiger partial charge in [0.05, 0.1) is 11.4 Å². The largest absolute Gasteiger partial charge is 0.397 e. The smallest absolute Gasteiger partial charge is 0.323 e. The van der Waals surface area contributed by atoms with E-state index < -0.39 is 0 Å². The molecule has 0 bridgehead atoms. The van der Waals surface area contributed by atoms with Crippen LogP contribution in [-0.2, 0) is 6.54 Å². The number of aromatic nitrogens is 2. The molecule has 0 radical (unpaired) electrons. The summed E-state index contributed by atoms with van der Waals surface area (Å²) in [7, 11) is 2.12. The molecule has 1 aromatic carbocycles. The van der Waals surface area contributed by atoms with Crippen molar-refractivity contribution in [1.29, 1.82) is 0 Å². The van der Waals surface area contributed by atoms with Crippen LogP contribution in [0.1, 0.15) is 16.1 Å². The van der Waals surface area contributed by atoms with Crippen LogP contribution < -0.4 is 16.4 Å². The van der Waals surface area contributed by atoms with Gasteiger partial charge < -0.3 is 20.9 Å². The van der Waals surface area contributed by atoms with Crippen molar-refractivity contribution in [3.05, 3.63) is 65.4 Å². The highest BCUT2D eigenvalue weighted by Crippen LogP contribution is 2.18. The van der Waals surface area contributed by atoms with E-state index in [-0.39, 0.29) is 17.6 Å². The third-order valence-corrected chi connectivity index (χ3v) is 6.54. The Morgan fingerprint density at radius 3 is 2.57 bits per heavy atom. The lowest BCUT2D eigenvalue weighted by Gasteiger charge is -2.34. The normalized spacial score (nSPS) is 14.4. The molecule has 0 unspecified atom stereocenters. The summed E-state index contributed by atoms with van der Waals surface area (Å²) in [4.78, 5) is 40.5. The first kappa shape index (κ1) is 24.6. The number of benzene rings is 1. The molecule has 1 aliphatic rings. The van der Waals surface area contributed by atoms with Gasteiger partial charge in [-0.1, -0.05) is 18.2 Å². The molecule has 0 aliphatic carbocycles. The van der Waals surface area contributed by atoms with E-state index in [4.69, 9.17) is 5.73 Å². The van der Waals surface area contributed by atoms with Gasteiger partial charge in [-0.2, -0.15) is 0 Å². The highest BCUT2D eigenvalue weighted by molar-refractivity contribution is 7.13. The number of para-hydroxylation sites is 2. The Morgan fingerprint density at radius 1 is 1.09 bits per heavy atom. The molecule has 11 heteroatoms. The number of anilines is 3. The van der Waals surface area contributed by atoms with E-state index in [0.29, 0.717) is 29.6 Å². The number of carbonyl (C=O) groups is 2. The van der Waals surface area contributed by atoms with Crippen LogP contribution in [0.3, 0.4) is 0 Å². The molecule has 3 aromatic rings. The summed E-state index contributed by atoms with van der Waals surface area (Å²) < 4.78 is 0. The van der Waals surface area contributed by atoms with E-state index in [9.17, 15) is 9.59 Å². The molecule has 1 saturated heterocycles. The second-order valence-corrected chi connectivity index (χ2v) is 9.32. The molecule has 35 heavy (non-hydrogen) atoms. The van der Waals surface area contributed by atoms with Crippen molar-refractivity contribution in [2.45, 2.75) is 6.54 Å². The highest BCUT2D eigenvalue weighted by Gasteiger charge is 2.19. The Bertz CT molecular complexity index is 1110. The van der Waals surface area contributed by atoms with Gasteiger partial charge in [0.1, 0.15) is 5.69 Å². The van der Waals surface area contributed by atoms with Crippen molar-refractivity contribution in [2.75, 3.05) is 62.7 Å². The van der Waals surface area contributed by atoms with Gasteiger partial charge in [-0.25, -0.2) is 9.78 Å². The number of rotatable bonds is 8. The zero-order valence-corrected chi connectivity index (χ0v) is 20.5. The molecule has 10 nitrogen and oxygen atoms in total. The number of likely N-dealkylation sites (N-methyl/N-ethyl adjacent to an activating group) is 1. The van der Waals surface area contributed by atoms with E-state index in [0.717, 1.165) is 38.3 Å². The maximum Gasteiger partial charge on any atom is 0.323 e. The number of hydrogen-bond acceptors (Lipinski definition) is 8. The Balaban J connectivity index is 1.39. The Labute approximate surface area is 208 Å². The van der Waals surface area contributed by atoms with Gasteiger partial charge in [0.2, 0.25) is 0 Å². The van der Waals surface area contributed by atoms with Crippen molar-refractivity contribution >= 4 is 39.8 Å². The van der Waals surface area contributed by atoms with Crippen LogP contribution in [0.4, 0.5) is 21.3 Å². The molecule has 0 saturated carbocycles. The maximum absolute atomic E-state index is 13.0. The van der Waals surface area contributed by atoms with Gasteiger partial charge in [-0.3, -0.25) is 20.0 Å². The molecule has 4 rings (SSSR count). The molecule has 4 N–H and O–H groups in total. The van der Waals surface area contributed by atoms with E-state index in [1.165, 1.54) is 11.3 Å². The maximum atomic E-state index is 13.0. The summed E-state index contributed by atoms with van der Waals surface area (Å²) in [5.74, 6) is -0.345. The van der Waals surface area contributed by atoms with Gasteiger partial charge in [-0.15, -0.1) is 11.3 Å². The fraction of sp³-hybridized carbons (Fsp3) is 0.333. The fourth-order valence-corrected chi connectivity index (χ4v) is 4.23. The highest BCUT2D eigenvalue weighted by atomic mass is 32.1. The number of amides is 3. The zero-order valence-electron chi connectivity index (χ0n) is 19.7. The molecular weight excluding hydrogens is 464 g/mol. The molecule has 3 heterocycles. The number of urea groups is 1. The molecule has 0 atom stereocenters. The van der Waals surface area contributed by atoms with E-state index in [1.54, 1.807) is 47.6 Å². The van der Waals surface area contributed by atoms with Gasteiger partial charge >= 0.3 is 6.03 Å². The number of carbonyl (C=O) groups excluding carboxylic acids is 2. The predicted octanol–water partition coefficient (Wildman–Crippen LogP) is 2.65. The Morgan fingerprint density at radius 2 is 1.89 bits per heavy atom. The average Bonchev–Trinajstić information content (AvgIpc) is 3.37. The summed E-state index contributed by atoms with van der Waals surface area (Å²) in [5, 5.41) is 8.02. The number of piperazine rings is 1. The van der Waals surface area contributed by atoms with Gasteiger partial charge in [0.15, 0.2) is 5.13 Å². The lowest BCUT2D eigenvalue weighted by Crippen LogP contribution is -2.48. The second kappa shape index (κ2) is 11.7. The van der Waals surface area contributed by atoms with E-state index in [2.05, 4.69) is 37.4 Å². The van der Waals surface area contributed by atoms with Crippen molar-refractivity contribution in [2.24, 2.45) is 0 Å². The monoisotopic (exact) mass is 494 g/mol. The third-order valence-electron chi connectivity index (χ3n) is 5.86. The summed E-state index contributed by atoms with van der Waals surface area (Å²) in [6.07, 6.45) is 3.29. The number of pyridine rings is 1. The molecule has 0 spiro atoms. The average molecular weight is 495 g/mol. The summed E-state index contributed by atoms with van der Waals surface area (Å²) in [6.45, 7) is 5.72. The molecular formula is C24H30N8O2S. The van der Waals surface area contributed by atoms with Crippen LogP contribution in [0.5, 0.6) is 0 Å². The molecule has 2 aromatic heterocycles. The number of hydrogen-bond donors (Lipinski definition) is 3. The number of nitrogens with one attached hydrogen (secondary N) is 2. The van der Waals surface area contributed by atoms with Crippen LogP contribution >= 0.6 is 11.3 Å². The SMILES string of the molecule is CN1CCN(CCN(Cc2ccc(C(=O)Nc3ccccc3N)nc2)C(=O)Nc2nccs2)CC1. The van der Waals surface area contributed by atoms with E-state index >= 15 is 0 Å². The minimum atomic E-state index is -0.345. The lowest BCUT2D eigenvalue weighted by atomic mass is 10.2. The van der Waals surface area contributed by atoms with Crippen molar-refractivity contribution in [1.82, 2.24) is 24.7 Å². The Hall–Kier alpha value is -3.54. The van der Waals surface area contributed by atoms with Crippen LogP contribution in [0.15, 0.2) is 54.2 Å². The molecule has 1 aliphatic heterocycles. The van der Waals surface area contributed by atoms with Crippen LogP contribution in [0.2, 0.25) is 0 Å². The molecule has 184 valence electrons. The predicted molar refractivity (Wildman–Crippen MR) is 139 cm³/mol. The molecule has 1 fully saturated rings. The number of nitrogens with zero attached hydrogens (tertiary/aromatic N) is 5.